The molecule has 0 aliphatic rings. The summed E-state index contributed by atoms with van der Waals surface area (Å²) in [7, 11) is 1.00. The number of carbonyl (C=O) groups is 1. The molecule has 0 unspecified atom stereocenters. The van der Waals surface area contributed by atoms with E-state index in [0.29, 0.717) is 0 Å². The van der Waals surface area contributed by atoms with Gasteiger partial charge in [0.05, 0.1) is 0 Å². The SMILES string of the molecule is CC(=O)[O-].CO.O.[K+]. The fourth-order valence-corrected chi connectivity index (χ4v) is 0. The van der Waals surface area contributed by atoms with E-state index in [0.717, 1.165) is 14.0 Å². The minimum Gasteiger partial charge on any atom is -0.550 e. The molecular weight excluding hydrogens is 139 g/mol. The van der Waals surface area contributed by atoms with E-state index in [1.807, 2.05) is 0 Å². The molecule has 0 amide bonds. The average Bonchev–Trinajstić information content (AvgIpc) is 1.41. The molecule has 0 saturated carbocycles. The molecule has 0 saturated heterocycles. The number of aliphatic hydroxyl groups excluding tert-OH is 1. The van der Waals surface area contributed by atoms with Crippen molar-refractivity contribution in [2.75, 3.05) is 7.11 Å². The van der Waals surface area contributed by atoms with Gasteiger partial charge in [-0.25, -0.2) is 0 Å². The second kappa shape index (κ2) is 24.4. The first-order valence-corrected chi connectivity index (χ1v) is 1.36. The number of carbonyl (C=O) groups excluding carboxylic acids is 1. The van der Waals surface area contributed by atoms with E-state index in [-0.39, 0.29) is 56.9 Å². The number of hydrogen-bond acceptors (Lipinski definition) is 3. The molecule has 0 aromatic carbocycles. The van der Waals surface area contributed by atoms with Gasteiger partial charge < -0.3 is 20.5 Å². The summed E-state index contributed by atoms with van der Waals surface area (Å²) in [5.74, 6) is -1.08. The van der Waals surface area contributed by atoms with Crippen molar-refractivity contribution in [1.29, 1.82) is 0 Å². The summed E-state index contributed by atoms with van der Waals surface area (Å²) < 4.78 is 0. The van der Waals surface area contributed by atoms with Crippen molar-refractivity contribution in [3.63, 3.8) is 0 Å². The number of aliphatic carboxylic acids is 1. The van der Waals surface area contributed by atoms with Crippen LogP contribution in [0.4, 0.5) is 0 Å². The van der Waals surface area contributed by atoms with Crippen LogP contribution in [-0.4, -0.2) is 23.7 Å². The summed E-state index contributed by atoms with van der Waals surface area (Å²) in [6, 6.07) is 0. The maximum atomic E-state index is 8.89. The molecule has 3 N–H and O–H groups in total. The molecule has 5 heteroatoms. The van der Waals surface area contributed by atoms with Crippen LogP contribution in [0, 0.1) is 0 Å². The molecule has 0 aromatic rings. The molecule has 4 nitrogen and oxygen atoms in total. The number of carboxylic acids is 1. The largest absolute Gasteiger partial charge is 1.00 e. The fraction of sp³-hybridized carbons (Fsp3) is 0.667. The van der Waals surface area contributed by atoms with Crippen LogP contribution in [0.5, 0.6) is 0 Å². The summed E-state index contributed by atoms with van der Waals surface area (Å²) in [6.45, 7) is 0.972. The molecule has 0 aromatic heterocycles. The Hall–Kier alpha value is 1.03. The maximum absolute atomic E-state index is 8.89. The van der Waals surface area contributed by atoms with Crippen LogP contribution in [0.25, 0.3) is 0 Å². The predicted octanol–water partition coefficient (Wildman–Crippen LogP) is -5.46. The summed E-state index contributed by atoms with van der Waals surface area (Å²) in [5, 5.41) is 15.9. The zero-order valence-corrected chi connectivity index (χ0v) is 8.39. The molecule has 0 aliphatic heterocycles. The number of hydrogen-bond donors (Lipinski definition) is 1. The first-order chi connectivity index (χ1) is 2.73. The van der Waals surface area contributed by atoms with Crippen molar-refractivity contribution in [3.8, 4) is 0 Å². The summed E-state index contributed by atoms with van der Waals surface area (Å²) in [6.07, 6.45) is 0. The minimum atomic E-state index is -1.08. The van der Waals surface area contributed by atoms with Crippen LogP contribution in [0.2, 0.25) is 0 Å². The fourth-order valence-electron chi connectivity index (χ4n) is 0. The second-order valence-corrected chi connectivity index (χ2v) is 0.492. The first kappa shape index (κ1) is 23.0. The molecule has 0 atom stereocenters. The van der Waals surface area contributed by atoms with Crippen molar-refractivity contribution < 1.29 is 71.9 Å². The minimum absolute atomic E-state index is 0. The van der Waals surface area contributed by atoms with Gasteiger partial charge in [-0.3, -0.25) is 0 Å². The van der Waals surface area contributed by atoms with Gasteiger partial charge in [0.2, 0.25) is 0 Å². The van der Waals surface area contributed by atoms with Gasteiger partial charge in [0.1, 0.15) is 0 Å². The van der Waals surface area contributed by atoms with Gasteiger partial charge in [-0.15, -0.1) is 0 Å². The van der Waals surface area contributed by atoms with E-state index >= 15 is 0 Å². The molecule has 0 aliphatic carbocycles. The predicted molar refractivity (Wildman–Crippen MR) is 22.4 cm³/mol. The Bertz CT molecular complexity index is 34.3. The van der Waals surface area contributed by atoms with Crippen LogP contribution < -0.4 is 56.5 Å². The summed E-state index contributed by atoms with van der Waals surface area (Å²) in [5.41, 5.74) is 0. The van der Waals surface area contributed by atoms with Gasteiger partial charge in [-0.2, -0.15) is 0 Å². The molecule has 0 rings (SSSR count). The van der Waals surface area contributed by atoms with E-state index < -0.39 is 5.97 Å². The van der Waals surface area contributed by atoms with E-state index in [1.165, 1.54) is 0 Å². The van der Waals surface area contributed by atoms with Gasteiger partial charge in [0.25, 0.3) is 0 Å². The maximum Gasteiger partial charge on any atom is 1.00 e. The van der Waals surface area contributed by atoms with Gasteiger partial charge in [0, 0.05) is 13.1 Å². The Labute approximate surface area is 90.6 Å². The van der Waals surface area contributed by atoms with Gasteiger partial charge in [0.15, 0.2) is 0 Å². The van der Waals surface area contributed by atoms with Crippen molar-refractivity contribution >= 4 is 5.97 Å². The average molecular weight is 148 g/mol. The Morgan fingerprint density at radius 1 is 1.50 bits per heavy atom. The van der Waals surface area contributed by atoms with E-state index in [9.17, 15) is 0 Å². The molecule has 8 heavy (non-hydrogen) atoms. The molecule has 0 fully saturated rings. The van der Waals surface area contributed by atoms with Gasteiger partial charge in [-0.1, -0.05) is 0 Å². The zero-order valence-electron chi connectivity index (χ0n) is 5.26. The number of rotatable bonds is 0. The standard InChI is InChI=1S/C2H4O2.CH4O.K.H2O/c1-2(3)4;1-2;;/h1H3,(H,3,4);2H,1H3;;1H2/q;;+1;/p-1. The van der Waals surface area contributed by atoms with E-state index in [4.69, 9.17) is 15.0 Å². The second-order valence-electron chi connectivity index (χ2n) is 0.492. The van der Waals surface area contributed by atoms with Gasteiger partial charge >= 0.3 is 51.4 Å². The molecule has 0 bridgehead atoms. The van der Waals surface area contributed by atoms with Crippen LogP contribution in [0.1, 0.15) is 6.92 Å². The Morgan fingerprint density at radius 3 is 1.50 bits per heavy atom. The zero-order chi connectivity index (χ0) is 5.58. The number of aliphatic hydroxyl groups is 1. The quantitative estimate of drug-likeness (QED) is 0.347. The smallest absolute Gasteiger partial charge is 0.550 e. The van der Waals surface area contributed by atoms with E-state index in [2.05, 4.69) is 0 Å². The Morgan fingerprint density at radius 2 is 1.50 bits per heavy atom. The molecule has 0 spiro atoms. The Balaban J connectivity index is -0.0000000183. The third-order valence-electron chi connectivity index (χ3n) is 0. The molecular formula is C3H9KO4. The molecule has 46 valence electrons. The van der Waals surface area contributed by atoms with Crippen molar-refractivity contribution in [2.24, 2.45) is 0 Å². The van der Waals surface area contributed by atoms with Crippen LogP contribution in [-0.2, 0) is 4.79 Å². The third kappa shape index (κ3) is 242. The van der Waals surface area contributed by atoms with Crippen LogP contribution in [0.3, 0.4) is 0 Å². The molecule has 0 radical (unpaired) electrons. The van der Waals surface area contributed by atoms with Crippen LogP contribution in [0.15, 0.2) is 0 Å². The van der Waals surface area contributed by atoms with Crippen LogP contribution >= 0.6 is 0 Å². The number of carboxylic acid groups (broad SMARTS) is 1. The van der Waals surface area contributed by atoms with Gasteiger partial charge in [-0.05, 0) is 6.92 Å². The normalized spacial score (nSPS) is 3.88. The third-order valence-corrected chi connectivity index (χ3v) is 0. The topological polar surface area (TPSA) is 91.9 Å². The summed E-state index contributed by atoms with van der Waals surface area (Å²) in [4.78, 5) is 8.89. The van der Waals surface area contributed by atoms with Crippen molar-refractivity contribution in [2.45, 2.75) is 6.92 Å². The molecule has 0 heterocycles. The Kier molecular flexibility index (Phi) is 70.3. The monoisotopic (exact) mass is 148 g/mol. The first-order valence-electron chi connectivity index (χ1n) is 1.36. The van der Waals surface area contributed by atoms with E-state index in [1.54, 1.807) is 0 Å². The van der Waals surface area contributed by atoms with Crippen molar-refractivity contribution in [3.05, 3.63) is 0 Å². The summed E-state index contributed by atoms with van der Waals surface area (Å²) >= 11 is 0. The van der Waals surface area contributed by atoms with Crippen molar-refractivity contribution in [1.82, 2.24) is 0 Å².